The number of nitrogens with zero attached hydrogens (tertiary/aromatic N) is 4. The summed E-state index contributed by atoms with van der Waals surface area (Å²) in [6.45, 7) is 0.189. The van der Waals surface area contributed by atoms with E-state index >= 15 is 0 Å². The number of pyridine rings is 1. The number of nitrogens with one attached hydrogen (secondary N) is 1. The highest BCUT2D eigenvalue weighted by Crippen LogP contribution is 2.28. The third-order valence-corrected chi connectivity index (χ3v) is 4.45. The Morgan fingerprint density at radius 3 is 2.93 bits per heavy atom. The predicted octanol–water partition coefficient (Wildman–Crippen LogP) is 1.96. The molecular formula is C19H17N5O3. The molecule has 0 unspecified atom stereocenters. The highest BCUT2D eigenvalue weighted by molar-refractivity contribution is 5.99. The van der Waals surface area contributed by atoms with Crippen molar-refractivity contribution in [3.05, 3.63) is 65.8 Å². The summed E-state index contributed by atoms with van der Waals surface area (Å²) in [6, 6.07) is 10.6. The first-order chi connectivity index (χ1) is 13.1. The third kappa shape index (κ3) is 3.41. The molecule has 0 saturated heterocycles. The average molecular weight is 363 g/mol. The van der Waals surface area contributed by atoms with Crippen molar-refractivity contribution in [1.29, 1.82) is 0 Å². The van der Waals surface area contributed by atoms with Gasteiger partial charge in [0.1, 0.15) is 0 Å². The lowest BCUT2D eigenvalue weighted by Crippen LogP contribution is -2.30. The average Bonchev–Trinajstić information content (AvgIpc) is 3.28. The van der Waals surface area contributed by atoms with E-state index in [1.54, 1.807) is 31.6 Å². The molecule has 2 amide bonds. The molecule has 1 aliphatic heterocycles. The highest BCUT2D eigenvalue weighted by Gasteiger charge is 2.30. The Hall–Kier alpha value is -3.55. The van der Waals surface area contributed by atoms with Crippen LogP contribution in [0.1, 0.15) is 34.3 Å². The van der Waals surface area contributed by atoms with E-state index in [1.165, 1.54) is 4.90 Å². The lowest BCUT2D eigenvalue weighted by Gasteiger charge is -2.18. The Morgan fingerprint density at radius 1 is 1.26 bits per heavy atom. The van der Waals surface area contributed by atoms with E-state index in [-0.39, 0.29) is 30.8 Å². The molecule has 1 N–H and O–H groups in total. The van der Waals surface area contributed by atoms with Crippen LogP contribution >= 0.6 is 0 Å². The van der Waals surface area contributed by atoms with E-state index < -0.39 is 0 Å². The molecule has 1 atom stereocenters. The number of fused-ring (bicyclic) bond motifs is 1. The minimum atomic E-state index is -0.322. The number of benzene rings is 1. The van der Waals surface area contributed by atoms with E-state index in [4.69, 9.17) is 4.52 Å². The second-order valence-electron chi connectivity index (χ2n) is 6.32. The first-order valence-electron chi connectivity index (χ1n) is 8.48. The van der Waals surface area contributed by atoms with Gasteiger partial charge in [0, 0.05) is 30.6 Å². The van der Waals surface area contributed by atoms with Crippen LogP contribution in [0.15, 0.2) is 53.3 Å². The molecule has 0 radical (unpaired) electrons. The summed E-state index contributed by atoms with van der Waals surface area (Å²) in [4.78, 5) is 34.4. The van der Waals surface area contributed by atoms with Crippen molar-refractivity contribution in [1.82, 2.24) is 25.3 Å². The molecule has 0 aliphatic carbocycles. The van der Waals surface area contributed by atoms with Gasteiger partial charge in [0.2, 0.25) is 17.6 Å². The van der Waals surface area contributed by atoms with Crippen LogP contribution in [0.5, 0.6) is 0 Å². The van der Waals surface area contributed by atoms with Gasteiger partial charge >= 0.3 is 0 Å². The number of rotatable bonds is 5. The van der Waals surface area contributed by atoms with Crippen molar-refractivity contribution in [2.45, 2.75) is 19.0 Å². The molecule has 8 nitrogen and oxygen atoms in total. The van der Waals surface area contributed by atoms with Gasteiger partial charge in [-0.25, -0.2) is 0 Å². The maximum Gasteiger partial charge on any atom is 0.252 e. The van der Waals surface area contributed by atoms with Crippen LogP contribution in [0.3, 0.4) is 0 Å². The zero-order valence-corrected chi connectivity index (χ0v) is 14.6. The van der Waals surface area contributed by atoms with E-state index in [9.17, 15) is 9.59 Å². The topological polar surface area (TPSA) is 101 Å². The van der Waals surface area contributed by atoms with Gasteiger partial charge in [-0.05, 0) is 23.8 Å². The van der Waals surface area contributed by atoms with Crippen molar-refractivity contribution in [3.8, 4) is 11.4 Å². The van der Waals surface area contributed by atoms with Gasteiger partial charge in [0.15, 0.2) is 0 Å². The van der Waals surface area contributed by atoms with Crippen molar-refractivity contribution in [3.63, 3.8) is 0 Å². The van der Waals surface area contributed by atoms with Gasteiger partial charge in [-0.15, -0.1) is 0 Å². The zero-order chi connectivity index (χ0) is 18.8. The van der Waals surface area contributed by atoms with Gasteiger partial charge in [-0.2, -0.15) is 4.98 Å². The van der Waals surface area contributed by atoms with Crippen LogP contribution in [0.25, 0.3) is 11.4 Å². The van der Waals surface area contributed by atoms with Crippen LogP contribution in [0, 0.1) is 0 Å². The number of hydrogen-bond donors (Lipinski definition) is 1. The molecule has 0 spiro atoms. The summed E-state index contributed by atoms with van der Waals surface area (Å²) in [6.07, 6.45) is 3.48. The monoisotopic (exact) mass is 363 g/mol. The number of hydrogen-bond acceptors (Lipinski definition) is 6. The van der Waals surface area contributed by atoms with E-state index in [2.05, 4.69) is 20.4 Å². The van der Waals surface area contributed by atoms with Crippen molar-refractivity contribution in [2.24, 2.45) is 0 Å². The fourth-order valence-electron chi connectivity index (χ4n) is 3.04. The van der Waals surface area contributed by atoms with Crippen LogP contribution < -0.4 is 5.32 Å². The fraction of sp³-hybridized carbons (Fsp3) is 0.211. The van der Waals surface area contributed by atoms with Crippen LogP contribution in [-0.4, -0.2) is 38.9 Å². The summed E-state index contributed by atoms with van der Waals surface area (Å²) in [5.41, 5.74) is 2.21. The number of carbonyl (C=O) groups excluding carboxylic acids is 2. The molecule has 0 saturated carbocycles. The minimum Gasteiger partial charge on any atom is -0.345 e. The van der Waals surface area contributed by atoms with Crippen molar-refractivity contribution < 1.29 is 14.1 Å². The van der Waals surface area contributed by atoms with Crippen LogP contribution in [-0.2, 0) is 11.3 Å². The fourth-order valence-corrected chi connectivity index (χ4v) is 3.04. The summed E-state index contributed by atoms with van der Waals surface area (Å²) in [7, 11) is 1.67. The molecule has 1 aliphatic rings. The molecule has 0 fully saturated rings. The maximum absolute atomic E-state index is 12.6. The van der Waals surface area contributed by atoms with Gasteiger partial charge in [0.05, 0.1) is 19.0 Å². The van der Waals surface area contributed by atoms with E-state index in [1.807, 2.05) is 24.3 Å². The molecule has 1 aromatic carbocycles. The number of aromatic nitrogens is 3. The molecule has 4 rings (SSSR count). The Kier molecular flexibility index (Phi) is 4.37. The first kappa shape index (κ1) is 16.9. The summed E-state index contributed by atoms with van der Waals surface area (Å²) in [5.74, 6) is 0.485. The third-order valence-electron chi connectivity index (χ3n) is 4.45. The van der Waals surface area contributed by atoms with Crippen LogP contribution in [0.4, 0.5) is 0 Å². The van der Waals surface area contributed by atoms with Crippen molar-refractivity contribution >= 4 is 11.8 Å². The molecule has 3 heterocycles. The largest absolute Gasteiger partial charge is 0.345 e. The molecule has 2 aromatic heterocycles. The lowest BCUT2D eigenvalue weighted by atomic mass is 10.0. The first-order valence-corrected chi connectivity index (χ1v) is 8.48. The molecular weight excluding hydrogens is 346 g/mol. The Labute approximate surface area is 155 Å². The van der Waals surface area contributed by atoms with Gasteiger partial charge in [0.25, 0.3) is 5.91 Å². The highest BCUT2D eigenvalue weighted by atomic mass is 16.5. The Bertz CT molecular complexity index is 986. The summed E-state index contributed by atoms with van der Waals surface area (Å²) >= 11 is 0. The zero-order valence-electron chi connectivity index (χ0n) is 14.6. The van der Waals surface area contributed by atoms with Crippen LogP contribution in [0.2, 0.25) is 0 Å². The predicted molar refractivity (Wildman–Crippen MR) is 95.3 cm³/mol. The second-order valence-corrected chi connectivity index (χ2v) is 6.32. The quantitative estimate of drug-likeness (QED) is 0.744. The van der Waals surface area contributed by atoms with E-state index in [0.29, 0.717) is 17.3 Å². The van der Waals surface area contributed by atoms with Gasteiger partial charge in [-0.3, -0.25) is 14.6 Å². The van der Waals surface area contributed by atoms with Gasteiger partial charge < -0.3 is 14.7 Å². The number of carbonyl (C=O) groups is 2. The minimum absolute atomic E-state index is 0.127. The molecule has 3 aromatic rings. The van der Waals surface area contributed by atoms with Gasteiger partial charge in [-0.1, -0.05) is 23.4 Å². The molecule has 136 valence electrons. The lowest BCUT2D eigenvalue weighted by molar-refractivity contribution is -0.131. The number of amides is 2. The van der Waals surface area contributed by atoms with Crippen molar-refractivity contribution in [2.75, 3.05) is 7.05 Å². The second kappa shape index (κ2) is 6.99. The molecule has 0 bridgehead atoms. The Balaban J connectivity index is 1.41. The summed E-state index contributed by atoms with van der Waals surface area (Å²) < 4.78 is 5.23. The standard InChI is InChI=1S/C19H17N5O3/c1-24(11-16-22-18(23-27-16)12-5-4-8-20-10-12)17(25)9-15-13-6-2-3-7-14(13)19(26)21-15/h2-8,10,15H,9,11H2,1H3,(H,21,26)/t15-/m1/s1. The smallest absolute Gasteiger partial charge is 0.252 e. The molecule has 8 heteroatoms. The SMILES string of the molecule is CN(Cc1nc(-c2cccnc2)no1)C(=O)C[C@H]1NC(=O)c2ccccc21. The van der Waals surface area contributed by atoms with E-state index in [0.717, 1.165) is 11.1 Å². The summed E-state index contributed by atoms with van der Waals surface area (Å²) in [5, 5.41) is 6.77. The normalized spacial score (nSPS) is 15.3. The maximum atomic E-state index is 12.6. The Morgan fingerprint density at radius 2 is 2.11 bits per heavy atom. The molecule has 27 heavy (non-hydrogen) atoms.